The van der Waals surface area contributed by atoms with Gasteiger partial charge in [-0.2, -0.15) is 10.5 Å². The molecule has 1 rings (SSSR count). The number of nitrogens with one attached hydrogen (secondary N) is 1. The molecule has 0 aliphatic carbocycles. The van der Waals surface area contributed by atoms with Crippen molar-refractivity contribution in [1.29, 1.82) is 10.5 Å². The molecule has 1 aromatic carbocycles. The van der Waals surface area contributed by atoms with Gasteiger partial charge in [-0.1, -0.05) is 12.1 Å². The van der Waals surface area contributed by atoms with Crippen LogP contribution in [-0.2, 0) is 0 Å². The first-order valence-corrected chi connectivity index (χ1v) is 4.72. The van der Waals surface area contributed by atoms with Crippen LogP contribution >= 0.6 is 0 Å². The van der Waals surface area contributed by atoms with Gasteiger partial charge in [-0.15, -0.1) is 0 Å². The second kappa shape index (κ2) is 5.55. The summed E-state index contributed by atoms with van der Waals surface area (Å²) in [4.78, 5) is 0. The van der Waals surface area contributed by atoms with E-state index in [4.69, 9.17) is 10.5 Å². The summed E-state index contributed by atoms with van der Waals surface area (Å²) in [5.41, 5.74) is 1.50. The Bertz CT molecular complexity index is 462. The van der Waals surface area contributed by atoms with Crippen LogP contribution in [0, 0.1) is 22.7 Å². The maximum absolute atomic E-state index is 9.37. The SMILES string of the molecule is CC(O)c1cccc(NC=C(C#N)C#N)c1. The molecule has 0 fully saturated rings. The Morgan fingerprint density at radius 3 is 2.69 bits per heavy atom. The van der Waals surface area contributed by atoms with Crippen LogP contribution in [0.15, 0.2) is 36.0 Å². The first-order valence-electron chi connectivity index (χ1n) is 4.72. The normalized spacial score (nSPS) is 10.8. The number of hydrogen-bond acceptors (Lipinski definition) is 4. The van der Waals surface area contributed by atoms with Crippen LogP contribution in [0.3, 0.4) is 0 Å². The molecule has 0 aliphatic rings. The van der Waals surface area contributed by atoms with E-state index in [0.717, 1.165) is 11.3 Å². The number of rotatable bonds is 3. The standard InChI is InChI=1S/C12H11N3O/c1-9(16)11-3-2-4-12(5-11)15-8-10(6-13)7-14/h2-5,8-9,15-16H,1H3. The maximum Gasteiger partial charge on any atom is 0.145 e. The Balaban J connectivity index is 2.84. The van der Waals surface area contributed by atoms with Crippen molar-refractivity contribution in [3.05, 3.63) is 41.6 Å². The predicted molar refractivity (Wildman–Crippen MR) is 60.0 cm³/mol. The molecule has 0 saturated carbocycles. The van der Waals surface area contributed by atoms with Crippen molar-refractivity contribution in [1.82, 2.24) is 0 Å². The molecular formula is C12H11N3O. The topological polar surface area (TPSA) is 79.8 Å². The molecule has 0 radical (unpaired) electrons. The van der Waals surface area contributed by atoms with E-state index in [1.54, 1.807) is 43.3 Å². The van der Waals surface area contributed by atoms with E-state index in [1.165, 1.54) is 6.20 Å². The lowest BCUT2D eigenvalue weighted by Crippen LogP contribution is -1.94. The summed E-state index contributed by atoms with van der Waals surface area (Å²) in [6.07, 6.45) is 0.790. The van der Waals surface area contributed by atoms with Gasteiger partial charge in [0.1, 0.15) is 17.7 Å². The molecule has 0 aliphatic heterocycles. The van der Waals surface area contributed by atoms with E-state index >= 15 is 0 Å². The molecule has 0 saturated heterocycles. The Morgan fingerprint density at radius 1 is 1.44 bits per heavy atom. The molecule has 1 aromatic rings. The van der Waals surface area contributed by atoms with Gasteiger partial charge in [-0.3, -0.25) is 0 Å². The maximum atomic E-state index is 9.37. The van der Waals surface area contributed by atoms with E-state index in [-0.39, 0.29) is 5.57 Å². The summed E-state index contributed by atoms with van der Waals surface area (Å²) in [5, 5.41) is 29.2. The van der Waals surface area contributed by atoms with Crippen LogP contribution < -0.4 is 5.32 Å². The molecule has 0 aromatic heterocycles. The minimum atomic E-state index is -0.544. The molecule has 0 amide bonds. The first-order chi connectivity index (χ1) is 7.67. The summed E-state index contributed by atoms with van der Waals surface area (Å²) >= 11 is 0. The summed E-state index contributed by atoms with van der Waals surface area (Å²) in [7, 11) is 0. The van der Waals surface area contributed by atoms with Crippen LogP contribution in [0.5, 0.6) is 0 Å². The highest BCUT2D eigenvalue weighted by atomic mass is 16.3. The van der Waals surface area contributed by atoms with E-state index < -0.39 is 6.10 Å². The number of nitriles is 2. The van der Waals surface area contributed by atoms with E-state index in [0.29, 0.717) is 0 Å². The minimum Gasteiger partial charge on any atom is -0.389 e. The van der Waals surface area contributed by atoms with Crippen LogP contribution in [0.2, 0.25) is 0 Å². The largest absolute Gasteiger partial charge is 0.389 e. The van der Waals surface area contributed by atoms with Crippen LogP contribution in [0.25, 0.3) is 0 Å². The number of anilines is 1. The zero-order valence-corrected chi connectivity index (χ0v) is 8.81. The summed E-state index contributed by atoms with van der Waals surface area (Å²) < 4.78 is 0. The zero-order chi connectivity index (χ0) is 12.0. The van der Waals surface area contributed by atoms with Gasteiger partial charge in [-0.25, -0.2) is 0 Å². The average molecular weight is 213 g/mol. The monoisotopic (exact) mass is 213 g/mol. The molecule has 80 valence electrons. The summed E-state index contributed by atoms with van der Waals surface area (Å²) in [6, 6.07) is 10.6. The van der Waals surface area contributed by atoms with Gasteiger partial charge in [0.25, 0.3) is 0 Å². The predicted octanol–water partition coefficient (Wildman–Crippen LogP) is 2.08. The summed E-state index contributed by atoms with van der Waals surface area (Å²) in [5.74, 6) is 0. The fraction of sp³-hybridized carbons (Fsp3) is 0.167. The second-order valence-electron chi connectivity index (χ2n) is 3.23. The Morgan fingerprint density at radius 2 is 2.12 bits per heavy atom. The van der Waals surface area contributed by atoms with Crippen molar-refractivity contribution >= 4 is 5.69 Å². The summed E-state index contributed by atoms with van der Waals surface area (Å²) in [6.45, 7) is 1.67. The molecule has 1 atom stereocenters. The molecule has 0 spiro atoms. The zero-order valence-electron chi connectivity index (χ0n) is 8.81. The van der Waals surface area contributed by atoms with Gasteiger partial charge in [-0.05, 0) is 24.6 Å². The smallest absolute Gasteiger partial charge is 0.145 e. The van der Waals surface area contributed by atoms with Crippen molar-refractivity contribution < 1.29 is 5.11 Å². The van der Waals surface area contributed by atoms with Crippen molar-refractivity contribution in [3.8, 4) is 12.1 Å². The fourth-order valence-corrected chi connectivity index (χ4v) is 1.13. The Hall–Kier alpha value is -2.30. The third-order valence-electron chi connectivity index (χ3n) is 1.99. The number of aliphatic hydroxyl groups is 1. The lowest BCUT2D eigenvalue weighted by Gasteiger charge is -2.06. The third-order valence-corrected chi connectivity index (χ3v) is 1.99. The number of hydrogen-bond donors (Lipinski definition) is 2. The number of allylic oxidation sites excluding steroid dienone is 1. The van der Waals surface area contributed by atoms with Gasteiger partial charge in [0.15, 0.2) is 0 Å². The molecule has 4 nitrogen and oxygen atoms in total. The molecular weight excluding hydrogens is 202 g/mol. The van der Waals surface area contributed by atoms with Gasteiger partial charge >= 0.3 is 0 Å². The molecule has 1 unspecified atom stereocenters. The lowest BCUT2D eigenvalue weighted by atomic mass is 10.1. The average Bonchev–Trinajstić information content (AvgIpc) is 2.31. The van der Waals surface area contributed by atoms with E-state index in [2.05, 4.69) is 5.32 Å². The lowest BCUT2D eigenvalue weighted by molar-refractivity contribution is 0.199. The molecule has 16 heavy (non-hydrogen) atoms. The fourth-order valence-electron chi connectivity index (χ4n) is 1.13. The van der Waals surface area contributed by atoms with Crippen molar-refractivity contribution in [3.63, 3.8) is 0 Å². The molecule has 0 bridgehead atoms. The van der Waals surface area contributed by atoms with Crippen LogP contribution in [-0.4, -0.2) is 5.11 Å². The highest BCUT2D eigenvalue weighted by Crippen LogP contribution is 2.17. The first kappa shape index (κ1) is 11.8. The van der Waals surface area contributed by atoms with Crippen molar-refractivity contribution in [2.75, 3.05) is 5.32 Å². The highest BCUT2D eigenvalue weighted by Gasteiger charge is 2.00. The number of benzene rings is 1. The van der Waals surface area contributed by atoms with Crippen LogP contribution in [0.4, 0.5) is 5.69 Å². The van der Waals surface area contributed by atoms with Crippen LogP contribution in [0.1, 0.15) is 18.6 Å². The number of nitrogens with zero attached hydrogens (tertiary/aromatic N) is 2. The quantitative estimate of drug-likeness (QED) is 0.753. The minimum absolute atomic E-state index is 0.00227. The third kappa shape index (κ3) is 3.13. The Kier molecular flexibility index (Phi) is 4.08. The molecule has 2 N–H and O–H groups in total. The van der Waals surface area contributed by atoms with Gasteiger partial charge in [0.05, 0.1) is 6.10 Å². The molecule has 0 heterocycles. The van der Waals surface area contributed by atoms with Gasteiger partial charge in [0.2, 0.25) is 0 Å². The van der Waals surface area contributed by atoms with Crippen molar-refractivity contribution in [2.24, 2.45) is 0 Å². The van der Waals surface area contributed by atoms with Gasteiger partial charge in [0, 0.05) is 11.9 Å². The van der Waals surface area contributed by atoms with Crippen molar-refractivity contribution in [2.45, 2.75) is 13.0 Å². The Labute approximate surface area is 94.1 Å². The van der Waals surface area contributed by atoms with Gasteiger partial charge < -0.3 is 10.4 Å². The highest BCUT2D eigenvalue weighted by molar-refractivity contribution is 5.51. The second-order valence-corrected chi connectivity index (χ2v) is 3.23. The van der Waals surface area contributed by atoms with E-state index in [1.807, 2.05) is 0 Å². The molecule has 4 heteroatoms. The van der Waals surface area contributed by atoms with E-state index in [9.17, 15) is 5.11 Å². The number of aliphatic hydroxyl groups excluding tert-OH is 1.